The molecular formula is C13H22ClN. The minimum absolute atomic E-state index is 0. The molecule has 0 fully saturated rings. The van der Waals surface area contributed by atoms with E-state index < -0.39 is 0 Å². The first-order chi connectivity index (χ1) is 6.51. The van der Waals surface area contributed by atoms with E-state index in [0.717, 1.165) is 13.0 Å². The molecule has 0 aromatic heterocycles. The third-order valence-electron chi connectivity index (χ3n) is 2.25. The zero-order chi connectivity index (χ0) is 10.6. The van der Waals surface area contributed by atoms with E-state index in [1.165, 1.54) is 11.1 Å². The summed E-state index contributed by atoms with van der Waals surface area (Å²) in [6, 6.07) is 8.83. The zero-order valence-corrected chi connectivity index (χ0v) is 10.9. The van der Waals surface area contributed by atoms with Gasteiger partial charge in [0.2, 0.25) is 0 Å². The molecule has 0 spiro atoms. The standard InChI is InChI=1S/C13H21N.ClH/c1-5-11-6-8-12(9-7-11)10-14-13(2,3)4;/h6-9,14H,5,10H2,1-4H3;1H. The Morgan fingerprint density at radius 1 is 1.00 bits per heavy atom. The molecule has 0 heterocycles. The second kappa shape index (κ2) is 6.14. The van der Waals surface area contributed by atoms with Gasteiger partial charge in [-0.2, -0.15) is 0 Å². The van der Waals surface area contributed by atoms with Crippen LogP contribution in [-0.4, -0.2) is 5.54 Å². The van der Waals surface area contributed by atoms with Gasteiger partial charge in [-0.15, -0.1) is 12.4 Å². The highest BCUT2D eigenvalue weighted by molar-refractivity contribution is 5.85. The van der Waals surface area contributed by atoms with Crippen molar-refractivity contribution in [3.05, 3.63) is 35.4 Å². The fraction of sp³-hybridized carbons (Fsp3) is 0.538. The molecule has 0 aliphatic rings. The van der Waals surface area contributed by atoms with E-state index >= 15 is 0 Å². The Bertz CT molecular complexity index is 272. The molecule has 2 heteroatoms. The molecule has 1 nitrogen and oxygen atoms in total. The summed E-state index contributed by atoms with van der Waals surface area (Å²) in [5.41, 5.74) is 2.96. The smallest absolute Gasteiger partial charge is 0.0210 e. The first kappa shape index (κ1) is 14.5. The van der Waals surface area contributed by atoms with E-state index in [4.69, 9.17) is 0 Å². The van der Waals surface area contributed by atoms with Crippen molar-refractivity contribution in [3.8, 4) is 0 Å². The highest BCUT2D eigenvalue weighted by Crippen LogP contribution is 2.07. The van der Waals surface area contributed by atoms with Crippen LogP contribution in [0.4, 0.5) is 0 Å². The predicted octanol–water partition coefficient (Wildman–Crippen LogP) is 3.56. The van der Waals surface area contributed by atoms with Gasteiger partial charge >= 0.3 is 0 Å². The Morgan fingerprint density at radius 3 is 1.87 bits per heavy atom. The van der Waals surface area contributed by atoms with Gasteiger partial charge in [-0.05, 0) is 38.3 Å². The van der Waals surface area contributed by atoms with Crippen molar-refractivity contribution in [3.63, 3.8) is 0 Å². The van der Waals surface area contributed by atoms with Gasteiger partial charge in [0.1, 0.15) is 0 Å². The Hall–Kier alpha value is -0.530. The van der Waals surface area contributed by atoms with Gasteiger partial charge in [0.05, 0.1) is 0 Å². The fourth-order valence-electron chi connectivity index (χ4n) is 1.26. The lowest BCUT2D eigenvalue weighted by Crippen LogP contribution is -2.35. The van der Waals surface area contributed by atoms with Crippen LogP contribution in [0.1, 0.15) is 38.8 Å². The third kappa shape index (κ3) is 5.81. The molecule has 1 rings (SSSR count). The Morgan fingerprint density at radius 2 is 1.47 bits per heavy atom. The molecule has 0 aliphatic heterocycles. The normalized spacial score (nSPS) is 10.9. The van der Waals surface area contributed by atoms with Gasteiger partial charge in [0.25, 0.3) is 0 Å². The van der Waals surface area contributed by atoms with Crippen molar-refractivity contribution in [2.75, 3.05) is 0 Å². The lowest BCUT2D eigenvalue weighted by atomic mass is 10.1. The second-order valence-electron chi connectivity index (χ2n) is 4.77. The van der Waals surface area contributed by atoms with E-state index in [9.17, 15) is 0 Å². The summed E-state index contributed by atoms with van der Waals surface area (Å²) in [6.45, 7) is 9.70. The first-order valence-corrected chi connectivity index (χ1v) is 5.34. The van der Waals surface area contributed by atoms with Crippen LogP contribution >= 0.6 is 12.4 Å². The fourth-order valence-corrected chi connectivity index (χ4v) is 1.26. The number of benzene rings is 1. The molecule has 0 atom stereocenters. The van der Waals surface area contributed by atoms with Crippen molar-refractivity contribution in [2.45, 2.75) is 46.2 Å². The van der Waals surface area contributed by atoms with Gasteiger partial charge in [-0.3, -0.25) is 0 Å². The molecule has 0 saturated heterocycles. The molecular weight excluding hydrogens is 206 g/mol. The summed E-state index contributed by atoms with van der Waals surface area (Å²) in [7, 11) is 0. The molecule has 1 N–H and O–H groups in total. The maximum absolute atomic E-state index is 3.48. The molecule has 0 amide bonds. The first-order valence-electron chi connectivity index (χ1n) is 5.34. The van der Waals surface area contributed by atoms with Gasteiger partial charge in [-0.25, -0.2) is 0 Å². The highest BCUT2D eigenvalue weighted by Gasteiger charge is 2.07. The Labute approximate surface area is 99.7 Å². The van der Waals surface area contributed by atoms with Crippen LogP contribution in [0.25, 0.3) is 0 Å². The predicted molar refractivity (Wildman–Crippen MR) is 69.7 cm³/mol. The lowest BCUT2D eigenvalue weighted by Gasteiger charge is -2.20. The topological polar surface area (TPSA) is 12.0 Å². The molecule has 86 valence electrons. The van der Waals surface area contributed by atoms with Gasteiger partial charge in [-0.1, -0.05) is 31.2 Å². The minimum Gasteiger partial charge on any atom is -0.308 e. The summed E-state index contributed by atoms with van der Waals surface area (Å²) in [6.07, 6.45) is 1.12. The van der Waals surface area contributed by atoms with Crippen molar-refractivity contribution < 1.29 is 0 Å². The van der Waals surface area contributed by atoms with Crippen LogP contribution in [0.3, 0.4) is 0 Å². The van der Waals surface area contributed by atoms with E-state index in [1.807, 2.05) is 0 Å². The molecule has 15 heavy (non-hydrogen) atoms. The molecule has 0 radical (unpaired) electrons. The number of rotatable bonds is 3. The molecule has 1 aromatic carbocycles. The van der Waals surface area contributed by atoms with E-state index in [2.05, 4.69) is 57.3 Å². The zero-order valence-electron chi connectivity index (χ0n) is 10.1. The minimum atomic E-state index is 0. The third-order valence-corrected chi connectivity index (χ3v) is 2.25. The maximum atomic E-state index is 3.48. The summed E-state index contributed by atoms with van der Waals surface area (Å²) in [5, 5.41) is 3.48. The highest BCUT2D eigenvalue weighted by atomic mass is 35.5. The van der Waals surface area contributed by atoms with Crippen molar-refractivity contribution in [1.29, 1.82) is 0 Å². The summed E-state index contributed by atoms with van der Waals surface area (Å²) >= 11 is 0. The van der Waals surface area contributed by atoms with E-state index in [1.54, 1.807) is 0 Å². The largest absolute Gasteiger partial charge is 0.308 e. The van der Waals surface area contributed by atoms with Crippen molar-refractivity contribution in [1.82, 2.24) is 5.32 Å². The molecule has 1 aromatic rings. The molecule has 0 aliphatic carbocycles. The monoisotopic (exact) mass is 227 g/mol. The number of hydrogen-bond acceptors (Lipinski definition) is 1. The maximum Gasteiger partial charge on any atom is 0.0210 e. The van der Waals surface area contributed by atoms with Crippen LogP contribution in [0, 0.1) is 0 Å². The SMILES string of the molecule is CCc1ccc(CNC(C)(C)C)cc1.Cl. The quantitative estimate of drug-likeness (QED) is 0.833. The van der Waals surface area contributed by atoms with Crippen LogP contribution in [0.2, 0.25) is 0 Å². The molecule has 0 saturated carbocycles. The second-order valence-corrected chi connectivity index (χ2v) is 4.77. The average molecular weight is 228 g/mol. The van der Waals surface area contributed by atoms with Crippen LogP contribution in [-0.2, 0) is 13.0 Å². The van der Waals surface area contributed by atoms with E-state index in [-0.39, 0.29) is 17.9 Å². The Balaban J connectivity index is 0.00000196. The number of hydrogen-bond donors (Lipinski definition) is 1. The van der Waals surface area contributed by atoms with Gasteiger partial charge < -0.3 is 5.32 Å². The number of nitrogens with one attached hydrogen (secondary N) is 1. The van der Waals surface area contributed by atoms with Gasteiger partial charge in [0.15, 0.2) is 0 Å². The van der Waals surface area contributed by atoms with Crippen molar-refractivity contribution in [2.24, 2.45) is 0 Å². The van der Waals surface area contributed by atoms with Crippen LogP contribution in [0.15, 0.2) is 24.3 Å². The number of aryl methyl sites for hydroxylation is 1. The molecule has 0 bridgehead atoms. The van der Waals surface area contributed by atoms with Crippen LogP contribution in [0.5, 0.6) is 0 Å². The van der Waals surface area contributed by atoms with Crippen molar-refractivity contribution >= 4 is 12.4 Å². The van der Waals surface area contributed by atoms with Crippen LogP contribution < -0.4 is 5.32 Å². The van der Waals surface area contributed by atoms with E-state index in [0.29, 0.717) is 0 Å². The molecule has 0 unspecified atom stereocenters. The Kier molecular flexibility index (Phi) is 5.92. The van der Waals surface area contributed by atoms with Gasteiger partial charge in [0, 0.05) is 12.1 Å². The summed E-state index contributed by atoms with van der Waals surface area (Å²) < 4.78 is 0. The summed E-state index contributed by atoms with van der Waals surface area (Å²) in [5.74, 6) is 0. The number of halogens is 1. The average Bonchev–Trinajstić information content (AvgIpc) is 2.14. The lowest BCUT2D eigenvalue weighted by molar-refractivity contribution is 0.424. The summed E-state index contributed by atoms with van der Waals surface area (Å²) in [4.78, 5) is 0.